The largest absolute Gasteiger partial charge is 0.317 e. The third-order valence-corrected chi connectivity index (χ3v) is 3.18. The number of nitrogens with one attached hydrogen (secondary N) is 2. The fourth-order valence-corrected chi connectivity index (χ4v) is 2.01. The smallest absolute Gasteiger partial charge is 0.281 e. The number of benzene rings is 2. The van der Waals surface area contributed by atoms with Crippen LogP contribution in [0.15, 0.2) is 60.3 Å². The van der Waals surface area contributed by atoms with Gasteiger partial charge in [-0.25, -0.2) is 5.84 Å². The molecule has 0 heterocycles. The lowest BCUT2D eigenvalue weighted by molar-refractivity contribution is -0.117. The van der Waals surface area contributed by atoms with Crippen LogP contribution in [0.5, 0.6) is 0 Å². The molecule has 0 saturated carbocycles. The first kappa shape index (κ1) is 15.8. The lowest BCUT2D eigenvalue weighted by Crippen LogP contribution is -2.38. The van der Waals surface area contributed by atoms with E-state index in [4.69, 9.17) is 17.4 Å². The lowest BCUT2D eigenvalue weighted by atomic mass is 10.1. The second-order valence-electron chi connectivity index (χ2n) is 4.38. The Balaban J connectivity index is 2.28. The average molecular weight is 316 g/mol. The molecular weight excluding hydrogens is 302 g/mol. The maximum absolute atomic E-state index is 12.2. The van der Waals surface area contributed by atoms with Crippen molar-refractivity contribution in [2.45, 2.75) is 0 Å². The summed E-state index contributed by atoms with van der Waals surface area (Å²) in [6.07, 6.45) is 1.52. The zero-order valence-electron chi connectivity index (χ0n) is 11.5. The molecule has 2 aromatic carbocycles. The van der Waals surface area contributed by atoms with Gasteiger partial charge < -0.3 is 5.32 Å². The molecule has 0 saturated heterocycles. The maximum Gasteiger partial charge on any atom is 0.281 e. The first-order valence-corrected chi connectivity index (χ1v) is 6.83. The second kappa shape index (κ2) is 7.40. The van der Waals surface area contributed by atoms with Crippen LogP contribution in [0.1, 0.15) is 15.9 Å². The van der Waals surface area contributed by atoms with Crippen molar-refractivity contribution in [3.8, 4) is 0 Å². The van der Waals surface area contributed by atoms with Gasteiger partial charge in [0.2, 0.25) is 0 Å². The van der Waals surface area contributed by atoms with E-state index in [0.717, 1.165) is 5.56 Å². The van der Waals surface area contributed by atoms with Gasteiger partial charge in [0.05, 0.1) is 10.6 Å². The van der Waals surface area contributed by atoms with Crippen LogP contribution in [-0.2, 0) is 4.79 Å². The predicted octanol–water partition coefficient (Wildman–Crippen LogP) is 2.10. The molecular formula is C16H14ClN3O2. The summed E-state index contributed by atoms with van der Waals surface area (Å²) < 4.78 is 0. The van der Waals surface area contributed by atoms with Gasteiger partial charge in [0.1, 0.15) is 5.70 Å². The van der Waals surface area contributed by atoms with Crippen LogP contribution in [0.25, 0.3) is 6.08 Å². The topological polar surface area (TPSA) is 84.2 Å². The van der Waals surface area contributed by atoms with E-state index >= 15 is 0 Å². The molecule has 0 aliphatic heterocycles. The van der Waals surface area contributed by atoms with Crippen LogP contribution in [0.4, 0.5) is 0 Å². The fourth-order valence-electron chi connectivity index (χ4n) is 1.79. The predicted molar refractivity (Wildman–Crippen MR) is 85.7 cm³/mol. The first-order chi connectivity index (χ1) is 10.6. The minimum atomic E-state index is -0.607. The fraction of sp³-hybridized carbons (Fsp3) is 0. The molecule has 0 unspecified atom stereocenters. The number of nitrogens with two attached hydrogens (primary N) is 1. The Labute approximate surface area is 132 Å². The highest BCUT2D eigenvalue weighted by Gasteiger charge is 2.15. The van der Waals surface area contributed by atoms with Gasteiger partial charge in [-0.2, -0.15) is 0 Å². The molecule has 0 aromatic heterocycles. The summed E-state index contributed by atoms with van der Waals surface area (Å²) in [5, 5.41) is 2.82. The van der Waals surface area contributed by atoms with Gasteiger partial charge in [-0.3, -0.25) is 15.0 Å². The van der Waals surface area contributed by atoms with E-state index in [1.165, 1.54) is 6.08 Å². The van der Waals surface area contributed by atoms with E-state index in [1.54, 1.807) is 36.4 Å². The van der Waals surface area contributed by atoms with Crippen molar-refractivity contribution < 1.29 is 9.59 Å². The summed E-state index contributed by atoms with van der Waals surface area (Å²) in [4.78, 5) is 24.0. The number of carbonyl (C=O) groups is 2. The van der Waals surface area contributed by atoms with E-state index in [2.05, 4.69) is 5.32 Å². The molecule has 0 bridgehead atoms. The SMILES string of the molecule is NNC(=O)/C(=C\c1ccccc1)NC(=O)c1ccccc1Cl. The van der Waals surface area contributed by atoms with Crippen LogP contribution in [0.2, 0.25) is 5.02 Å². The van der Waals surface area contributed by atoms with Crippen molar-refractivity contribution in [3.05, 3.63) is 76.4 Å². The first-order valence-electron chi connectivity index (χ1n) is 6.45. The Hall–Kier alpha value is -2.63. The highest BCUT2D eigenvalue weighted by molar-refractivity contribution is 6.34. The summed E-state index contributed by atoms with van der Waals surface area (Å²) >= 11 is 5.97. The molecule has 0 radical (unpaired) electrons. The summed E-state index contributed by atoms with van der Waals surface area (Å²) in [6.45, 7) is 0. The standard InChI is InChI=1S/C16H14ClN3O2/c17-13-9-5-4-8-12(13)15(21)19-14(16(22)20-18)10-11-6-2-1-3-7-11/h1-10H,18H2,(H,19,21)(H,20,22)/b14-10+. The Morgan fingerprint density at radius 1 is 1.00 bits per heavy atom. The lowest BCUT2D eigenvalue weighted by Gasteiger charge is -2.09. The van der Waals surface area contributed by atoms with Crippen LogP contribution in [-0.4, -0.2) is 11.8 Å². The van der Waals surface area contributed by atoms with Crippen molar-refractivity contribution in [2.24, 2.45) is 5.84 Å². The Kier molecular flexibility index (Phi) is 5.30. The molecule has 0 aliphatic rings. The molecule has 0 aliphatic carbocycles. The van der Waals surface area contributed by atoms with Crippen LogP contribution >= 0.6 is 11.6 Å². The number of halogens is 1. The van der Waals surface area contributed by atoms with Crippen LogP contribution < -0.4 is 16.6 Å². The molecule has 0 fully saturated rings. The quantitative estimate of drug-likeness (QED) is 0.349. The van der Waals surface area contributed by atoms with Crippen molar-refractivity contribution in [1.29, 1.82) is 0 Å². The summed E-state index contributed by atoms with van der Waals surface area (Å²) in [6, 6.07) is 15.6. The number of carbonyl (C=O) groups excluding carboxylic acids is 2. The normalized spacial score (nSPS) is 10.9. The van der Waals surface area contributed by atoms with Gasteiger partial charge in [0, 0.05) is 0 Å². The zero-order chi connectivity index (χ0) is 15.9. The van der Waals surface area contributed by atoms with Crippen molar-refractivity contribution in [2.75, 3.05) is 0 Å². The van der Waals surface area contributed by atoms with Gasteiger partial charge in [-0.1, -0.05) is 54.1 Å². The van der Waals surface area contributed by atoms with E-state index < -0.39 is 11.8 Å². The van der Waals surface area contributed by atoms with Crippen molar-refractivity contribution in [1.82, 2.24) is 10.7 Å². The highest BCUT2D eigenvalue weighted by atomic mass is 35.5. The molecule has 2 rings (SSSR count). The van der Waals surface area contributed by atoms with Crippen molar-refractivity contribution >= 4 is 29.5 Å². The molecule has 5 nitrogen and oxygen atoms in total. The average Bonchev–Trinajstić information content (AvgIpc) is 2.54. The summed E-state index contributed by atoms with van der Waals surface area (Å²) in [5.41, 5.74) is 3.05. The van der Waals surface area contributed by atoms with E-state index in [0.29, 0.717) is 5.02 Å². The third kappa shape index (κ3) is 3.94. The maximum atomic E-state index is 12.2. The summed E-state index contributed by atoms with van der Waals surface area (Å²) in [5.74, 6) is 4.06. The van der Waals surface area contributed by atoms with Crippen molar-refractivity contribution in [3.63, 3.8) is 0 Å². The number of hydrogen-bond donors (Lipinski definition) is 3. The second-order valence-corrected chi connectivity index (χ2v) is 4.78. The van der Waals surface area contributed by atoms with Gasteiger partial charge in [-0.05, 0) is 23.8 Å². The Morgan fingerprint density at radius 3 is 2.27 bits per heavy atom. The molecule has 2 aromatic rings. The van der Waals surface area contributed by atoms with Gasteiger partial charge >= 0.3 is 0 Å². The van der Waals surface area contributed by atoms with E-state index in [9.17, 15) is 9.59 Å². The zero-order valence-corrected chi connectivity index (χ0v) is 12.3. The van der Waals surface area contributed by atoms with Gasteiger partial charge in [-0.15, -0.1) is 0 Å². The Bertz CT molecular complexity index is 714. The number of hydrogen-bond acceptors (Lipinski definition) is 3. The molecule has 0 spiro atoms. The minimum absolute atomic E-state index is 0.0265. The highest BCUT2D eigenvalue weighted by Crippen LogP contribution is 2.15. The minimum Gasteiger partial charge on any atom is -0.317 e. The van der Waals surface area contributed by atoms with Gasteiger partial charge in [0.25, 0.3) is 11.8 Å². The number of hydrazine groups is 1. The van der Waals surface area contributed by atoms with E-state index in [1.807, 2.05) is 23.6 Å². The molecule has 0 atom stereocenters. The molecule has 22 heavy (non-hydrogen) atoms. The Morgan fingerprint density at radius 2 is 1.64 bits per heavy atom. The molecule has 2 amide bonds. The molecule has 4 N–H and O–H groups in total. The third-order valence-electron chi connectivity index (χ3n) is 2.85. The van der Waals surface area contributed by atoms with E-state index in [-0.39, 0.29) is 11.3 Å². The molecule has 112 valence electrons. The van der Waals surface area contributed by atoms with Gasteiger partial charge in [0.15, 0.2) is 0 Å². The van der Waals surface area contributed by atoms with Crippen LogP contribution in [0, 0.1) is 0 Å². The summed E-state index contributed by atoms with van der Waals surface area (Å²) in [7, 11) is 0. The molecule has 6 heteroatoms. The number of amides is 2. The van der Waals surface area contributed by atoms with Crippen LogP contribution in [0.3, 0.4) is 0 Å². The number of rotatable bonds is 4. The monoisotopic (exact) mass is 315 g/mol.